The fourth-order valence-electron chi connectivity index (χ4n) is 2.00. The summed E-state index contributed by atoms with van der Waals surface area (Å²) in [4.78, 5) is 24.0. The van der Waals surface area contributed by atoms with Crippen LogP contribution in [0.15, 0.2) is 0 Å². The van der Waals surface area contributed by atoms with E-state index in [4.69, 9.17) is 12.2 Å². The largest absolute Gasteiger partial charge is 0.391 e. The standard InChI is InChI=1S/C17H31N3O4S/c1-4-5-15(20-16(22)8-10-25(24)11-9-18)17(23)19-12-14(21)7-6-13(2)3/h1,13-15,21H,5-12,18H2,2-3H3,(H,19,23)(H,20,22)/t14-,15-,25?/m0/s1. The van der Waals surface area contributed by atoms with Gasteiger partial charge in [0.2, 0.25) is 11.8 Å². The Kier molecular flexibility index (Phi) is 13.0. The topological polar surface area (TPSA) is 122 Å². The van der Waals surface area contributed by atoms with E-state index in [2.05, 4.69) is 30.4 Å². The van der Waals surface area contributed by atoms with Crippen molar-refractivity contribution in [2.24, 2.45) is 11.7 Å². The number of hydrogen-bond donors (Lipinski definition) is 4. The van der Waals surface area contributed by atoms with Gasteiger partial charge < -0.3 is 21.5 Å². The lowest BCUT2D eigenvalue weighted by molar-refractivity contribution is -0.129. The molecule has 0 rings (SSSR count). The Bertz CT molecular complexity index is 477. The van der Waals surface area contributed by atoms with Gasteiger partial charge in [-0.2, -0.15) is 0 Å². The van der Waals surface area contributed by atoms with E-state index in [1.165, 1.54) is 0 Å². The zero-order valence-electron chi connectivity index (χ0n) is 15.1. The van der Waals surface area contributed by atoms with Crippen molar-refractivity contribution in [1.29, 1.82) is 0 Å². The van der Waals surface area contributed by atoms with Gasteiger partial charge in [0.15, 0.2) is 0 Å². The number of carbonyl (C=O) groups is 2. The number of amides is 2. The summed E-state index contributed by atoms with van der Waals surface area (Å²) in [5.41, 5.74) is 5.30. The van der Waals surface area contributed by atoms with Crippen LogP contribution in [0, 0.1) is 18.3 Å². The van der Waals surface area contributed by atoms with Crippen molar-refractivity contribution in [2.45, 2.75) is 51.7 Å². The molecule has 0 fully saturated rings. The smallest absolute Gasteiger partial charge is 0.243 e. The van der Waals surface area contributed by atoms with Crippen molar-refractivity contribution in [1.82, 2.24) is 10.6 Å². The second-order valence-electron chi connectivity index (χ2n) is 6.29. The van der Waals surface area contributed by atoms with Crippen LogP contribution in [-0.2, 0) is 20.4 Å². The summed E-state index contributed by atoms with van der Waals surface area (Å²) in [6.07, 6.45) is 6.16. The van der Waals surface area contributed by atoms with E-state index < -0.39 is 28.9 Å². The molecule has 144 valence electrons. The molecule has 7 nitrogen and oxygen atoms in total. The average molecular weight is 374 g/mol. The summed E-state index contributed by atoms with van der Waals surface area (Å²) in [5, 5.41) is 15.0. The van der Waals surface area contributed by atoms with Crippen molar-refractivity contribution in [3.8, 4) is 12.3 Å². The Hall–Kier alpha value is -1.43. The highest BCUT2D eigenvalue weighted by atomic mass is 32.2. The first-order chi connectivity index (χ1) is 11.8. The van der Waals surface area contributed by atoms with Crippen LogP contribution in [0.1, 0.15) is 39.5 Å². The van der Waals surface area contributed by atoms with Gasteiger partial charge in [0.1, 0.15) is 6.04 Å². The summed E-state index contributed by atoms with van der Waals surface area (Å²) in [7, 11) is -1.15. The van der Waals surface area contributed by atoms with E-state index in [0.29, 0.717) is 24.6 Å². The van der Waals surface area contributed by atoms with Crippen LogP contribution in [-0.4, -0.2) is 57.9 Å². The van der Waals surface area contributed by atoms with Crippen LogP contribution < -0.4 is 16.4 Å². The maximum absolute atomic E-state index is 12.1. The maximum Gasteiger partial charge on any atom is 0.243 e. The van der Waals surface area contributed by atoms with Gasteiger partial charge in [0, 0.05) is 48.2 Å². The maximum atomic E-state index is 12.1. The SMILES string of the molecule is C#CC[C@H](NC(=O)CCS(=O)CCN)C(=O)NC[C@@H](O)CCC(C)C. The molecule has 25 heavy (non-hydrogen) atoms. The highest BCUT2D eigenvalue weighted by molar-refractivity contribution is 7.85. The molecule has 3 atom stereocenters. The second kappa shape index (κ2) is 13.8. The van der Waals surface area contributed by atoms with E-state index in [1.54, 1.807) is 0 Å². The van der Waals surface area contributed by atoms with Crippen molar-refractivity contribution in [3.63, 3.8) is 0 Å². The third-order valence-electron chi connectivity index (χ3n) is 3.47. The number of nitrogens with one attached hydrogen (secondary N) is 2. The van der Waals surface area contributed by atoms with E-state index in [0.717, 1.165) is 6.42 Å². The quantitative estimate of drug-likeness (QED) is 0.325. The number of nitrogens with two attached hydrogens (primary N) is 1. The Morgan fingerprint density at radius 2 is 1.96 bits per heavy atom. The first kappa shape index (κ1) is 23.6. The molecule has 0 aromatic carbocycles. The van der Waals surface area contributed by atoms with Gasteiger partial charge in [-0.25, -0.2) is 0 Å². The van der Waals surface area contributed by atoms with E-state index in [9.17, 15) is 18.9 Å². The highest BCUT2D eigenvalue weighted by Gasteiger charge is 2.20. The summed E-state index contributed by atoms with van der Waals surface area (Å²) in [5.74, 6) is 2.55. The minimum atomic E-state index is -1.15. The van der Waals surface area contributed by atoms with Crippen LogP contribution in [0.2, 0.25) is 0 Å². The molecular weight excluding hydrogens is 342 g/mol. The lowest BCUT2D eigenvalue weighted by Gasteiger charge is -2.18. The molecule has 0 saturated carbocycles. The summed E-state index contributed by atoms with van der Waals surface area (Å²) in [6.45, 7) is 4.53. The van der Waals surface area contributed by atoms with E-state index in [1.807, 2.05) is 0 Å². The number of aliphatic hydroxyl groups is 1. The summed E-state index contributed by atoms with van der Waals surface area (Å²) < 4.78 is 11.5. The Balaban J connectivity index is 4.33. The Labute approximate surface area is 153 Å². The van der Waals surface area contributed by atoms with Gasteiger partial charge in [0.05, 0.1) is 6.10 Å². The molecule has 0 aliphatic rings. The molecule has 8 heteroatoms. The molecule has 0 heterocycles. The molecule has 0 aromatic heterocycles. The number of rotatable bonds is 13. The van der Waals surface area contributed by atoms with Crippen LogP contribution in [0.3, 0.4) is 0 Å². The third kappa shape index (κ3) is 12.6. The van der Waals surface area contributed by atoms with Gasteiger partial charge in [-0.15, -0.1) is 12.3 Å². The average Bonchev–Trinajstić information content (AvgIpc) is 2.55. The fraction of sp³-hybridized carbons (Fsp3) is 0.765. The molecule has 0 spiro atoms. The highest BCUT2D eigenvalue weighted by Crippen LogP contribution is 2.06. The normalized spacial score (nSPS) is 14.4. The monoisotopic (exact) mass is 373 g/mol. The molecule has 0 saturated heterocycles. The fourth-order valence-corrected chi connectivity index (χ4v) is 2.88. The Morgan fingerprint density at radius 1 is 1.28 bits per heavy atom. The van der Waals surface area contributed by atoms with Gasteiger partial charge in [-0.05, 0) is 18.8 Å². The number of hydrogen-bond acceptors (Lipinski definition) is 5. The predicted octanol–water partition coefficient (Wildman–Crippen LogP) is -0.495. The molecule has 0 bridgehead atoms. The molecule has 0 aliphatic carbocycles. The molecule has 0 aliphatic heterocycles. The molecule has 1 unspecified atom stereocenters. The first-order valence-corrected chi connectivity index (χ1v) is 10.0. The van der Waals surface area contributed by atoms with Crippen molar-refractivity contribution in [3.05, 3.63) is 0 Å². The first-order valence-electron chi connectivity index (χ1n) is 8.53. The Morgan fingerprint density at radius 3 is 2.52 bits per heavy atom. The molecule has 5 N–H and O–H groups in total. The van der Waals surface area contributed by atoms with Crippen LogP contribution >= 0.6 is 0 Å². The molecule has 0 radical (unpaired) electrons. The number of terminal acetylenes is 1. The molecule has 2 amide bonds. The summed E-state index contributed by atoms with van der Waals surface area (Å²) >= 11 is 0. The lowest BCUT2D eigenvalue weighted by Crippen LogP contribution is -2.48. The number of carbonyl (C=O) groups excluding carboxylic acids is 2. The van der Waals surface area contributed by atoms with Crippen LogP contribution in [0.25, 0.3) is 0 Å². The molecule has 0 aromatic rings. The minimum Gasteiger partial charge on any atom is -0.391 e. The predicted molar refractivity (Wildman–Crippen MR) is 100 cm³/mol. The lowest BCUT2D eigenvalue weighted by atomic mass is 10.0. The van der Waals surface area contributed by atoms with E-state index >= 15 is 0 Å². The number of aliphatic hydroxyl groups excluding tert-OH is 1. The van der Waals surface area contributed by atoms with Gasteiger partial charge in [0.25, 0.3) is 0 Å². The van der Waals surface area contributed by atoms with Gasteiger partial charge in [-0.1, -0.05) is 13.8 Å². The van der Waals surface area contributed by atoms with Crippen LogP contribution in [0.4, 0.5) is 0 Å². The minimum absolute atomic E-state index is 0.0397. The molecular formula is C17H31N3O4S. The third-order valence-corrected chi connectivity index (χ3v) is 4.82. The van der Waals surface area contributed by atoms with E-state index in [-0.39, 0.29) is 31.0 Å². The van der Waals surface area contributed by atoms with Crippen LogP contribution in [0.5, 0.6) is 0 Å². The van der Waals surface area contributed by atoms with Crippen molar-refractivity contribution >= 4 is 22.6 Å². The van der Waals surface area contributed by atoms with Crippen molar-refractivity contribution < 1.29 is 18.9 Å². The zero-order chi connectivity index (χ0) is 19.2. The zero-order valence-corrected chi connectivity index (χ0v) is 15.9. The second-order valence-corrected chi connectivity index (χ2v) is 7.98. The van der Waals surface area contributed by atoms with Gasteiger partial charge >= 0.3 is 0 Å². The summed E-state index contributed by atoms with van der Waals surface area (Å²) in [6, 6.07) is -0.863. The van der Waals surface area contributed by atoms with Crippen molar-refractivity contribution in [2.75, 3.05) is 24.6 Å². The van der Waals surface area contributed by atoms with Gasteiger partial charge in [-0.3, -0.25) is 13.8 Å².